The summed E-state index contributed by atoms with van der Waals surface area (Å²) < 4.78 is 6.66. The lowest BCUT2D eigenvalue weighted by atomic mass is 9.63. The minimum Gasteiger partial charge on any atom is -0.364 e. The Morgan fingerprint density at radius 1 is 1.10 bits per heavy atom. The van der Waals surface area contributed by atoms with Crippen LogP contribution in [0.5, 0.6) is 0 Å². The highest BCUT2D eigenvalue weighted by atomic mass is 16.5. The van der Waals surface area contributed by atoms with Gasteiger partial charge in [0.05, 0.1) is 5.60 Å². The van der Waals surface area contributed by atoms with Crippen LogP contribution in [0.15, 0.2) is 47.6 Å². The first-order valence-corrected chi connectivity index (χ1v) is 7.60. The van der Waals surface area contributed by atoms with Gasteiger partial charge in [-0.1, -0.05) is 50.3 Å². The van der Waals surface area contributed by atoms with Crippen molar-refractivity contribution in [1.29, 1.82) is 0 Å². The molecular formula is C19H28O. The van der Waals surface area contributed by atoms with Crippen molar-refractivity contribution in [1.82, 2.24) is 0 Å². The Morgan fingerprint density at radius 2 is 1.80 bits per heavy atom. The summed E-state index contributed by atoms with van der Waals surface area (Å²) in [7, 11) is 0. The van der Waals surface area contributed by atoms with Crippen molar-refractivity contribution >= 4 is 0 Å². The van der Waals surface area contributed by atoms with Crippen molar-refractivity contribution in [3.8, 4) is 0 Å². The summed E-state index contributed by atoms with van der Waals surface area (Å²) >= 11 is 0. The van der Waals surface area contributed by atoms with Crippen molar-refractivity contribution in [3.05, 3.63) is 47.6 Å². The Labute approximate surface area is 124 Å². The van der Waals surface area contributed by atoms with Gasteiger partial charge < -0.3 is 4.74 Å². The molecule has 0 fully saturated rings. The molecule has 2 aliphatic carbocycles. The molecular weight excluding hydrogens is 244 g/mol. The maximum Gasteiger partial charge on any atom is 0.102 e. The first-order chi connectivity index (χ1) is 9.19. The zero-order valence-electron chi connectivity index (χ0n) is 13.8. The topological polar surface area (TPSA) is 9.23 Å². The van der Waals surface area contributed by atoms with Gasteiger partial charge in [0.1, 0.15) is 5.60 Å². The van der Waals surface area contributed by atoms with Crippen LogP contribution in [-0.2, 0) is 4.74 Å². The van der Waals surface area contributed by atoms with Gasteiger partial charge in [-0.2, -0.15) is 0 Å². The summed E-state index contributed by atoms with van der Waals surface area (Å²) in [6.45, 7) is 13.3. The predicted octanol–water partition coefficient (Wildman–Crippen LogP) is 5.36. The fourth-order valence-corrected chi connectivity index (χ4v) is 3.42. The second-order valence-electron chi connectivity index (χ2n) is 7.45. The molecule has 0 heterocycles. The summed E-state index contributed by atoms with van der Waals surface area (Å²) in [5.74, 6) is 0. The Kier molecular flexibility index (Phi) is 3.85. The lowest BCUT2D eigenvalue weighted by Crippen LogP contribution is -2.52. The lowest BCUT2D eigenvalue weighted by molar-refractivity contribution is -0.154. The van der Waals surface area contributed by atoms with Crippen LogP contribution in [0, 0.1) is 5.41 Å². The highest BCUT2D eigenvalue weighted by Crippen LogP contribution is 2.51. The van der Waals surface area contributed by atoms with E-state index in [9.17, 15) is 0 Å². The van der Waals surface area contributed by atoms with Gasteiger partial charge >= 0.3 is 0 Å². The van der Waals surface area contributed by atoms with Gasteiger partial charge in [0.25, 0.3) is 0 Å². The first-order valence-electron chi connectivity index (χ1n) is 7.60. The fraction of sp³-hybridized carbons (Fsp3) is 0.579. The Balaban J connectivity index is 2.49. The number of rotatable bonds is 3. The molecule has 0 spiro atoms. The van der Waals surface area contributed by atoms with E-state index < -0.39 is 0 Å². The molecule has 2 aliphatic rings. The Bertz CT molecular complexity index is 494. The molecule has 2 rings (SSSR count). The zero-order chi connectivity index (χ0) is 15.0. The first kappa shape index (κ1) is 15.3. The van der Waals surface area contributed by atoms with Gasteiger partial charge in [-0.3, -0.25) is 0 Å². The van der Waals surface area contributed by atoms with Crippen LogP contribution in [0.4, 0.5) is 0 Å². The van der Waals surface area contributed by atoms with E-state index in [2.05, 4.69) is 78.0 Å². The van der Waals surface area contributed by atoms with Gasteiger partial charge in [-0.15, -0.1) is 0 Å². The maximum absolute atomic E-state index is 6.66. The van der Waals surface area contributed by atoms with Crippen molar-refractivity contribution < 1.29 is 4.74 Å². The normalized spacial score (nSPS) is 26.7. The zero-order valence-corrected chi connectivity index (χ0v) is 13.8. The van der Waals surface area contributed by atoms with E-state index >= 15 is 0 Å². The van der Waals surface area contributed by atoms with Crippen LogP contribution in [0.2, 0.25) is 0 Å². The van der Waals surface area contributed by atoms with E-state index in [-0.39, 0.29) is 16.6 Å². The number of hydrogen-bond acceptors (Lipinski definition) is 1. The molecule has 0 amide bonds. The van der Waals surface area contributed by atoms with Gasteiger partial charge in [0, 0.05) is 5.41 Å². The summed E-state index contributed by atoms with van der Waals surface area (Å²) in [4.78, 5) is 0. The highest BCUT2D eigenvalue weighted by Gasteiger charge is 2.50. The van der Waals surface area contributed by atoms with Gasteiger partial charge in [-0.05, 0) is 51.7 Å². The van der Waals surface area contributed by atoms with Crippen LogP contribution < -0.4 is 0 Å². The quantitative estimate of drug-likeness (QED) is 0.672. The average molecular weight is 272 g/mol. The molecule has 1 heteroatoms. The third-order valence-electron chi connectivity index (χ3n) is 4.51. The molecule has 1 nitrogen and oxygen atoms in total. The van der Waals surface area contributed by atoms with E-state index in [1.54, 1.807) is 0 Å². The van der Waals surface area contributed by atoms with E-state index in [0.29, 0.717) is 0 Å². The van der Waals surface area contributed by atoms with E-state index in [1.165, 1.54) is 11.1 Å². The van der Waals surface area contributed by atoms with Gasteiger partial charge in [-0.25, -0.2) is 0 Å². The number of ether oxygens (including phenoxy) is 1. The maximum atomic E-state index is 6.66. The molecule has 20 heavy (non-hydrogen) atoms. The van der Waals surface area contributed by atoms with E-state index in [4.69, 9.17) is 4.74 Å². The van der Waals surface area contributed by atoms with Gasteiger partial charge in [0.15, 0.2) is 0 Å². The summed E-state index contributed by atoms with van der Waals surface area (Å²) in [6, 6.07) is 0. The minimum atomic E-state index is -0.263. The molecule has 0 aliphatic heterocycles. The van der Waals surface area contributed by atoms with Gasteiger partial charge in [0.2, 0.25) is 0 Å². The molecule has 0 saturated heterocycles. The van der Waals surface area contributed by atoms with Crippen molar-refractivity contribution in [3.63, 3.8) is 0 Å². The third-order valence-corrected chi connectivity index (χ3v) is 4.51. The SMILES string of the molecule is CC1=CC=CCC1(OC(C)(C)C)C(C)(C)C1=CCC=C1. The highest BCUT2D eigenvalue weighted by molar-refractivity contribution is 5.41. The van der Waals surface area contributed by atoms with Crippen molar-refractivity contribution in [2.24, 2.45) is 5.41 Å². The van der Waals surface area contributed by atoms with Crippen LogP contribution in [0.1, 0.15) is 54.4 Å². The number of allylic oxidation sites excluding steroid dienone is 5. The van der Waals surface area contributed by atoms with E-state index in [0.717, 1.165) is 12.8 Å². The predicted molar refractivity (Wildman–Crippen MR) is 86.7 cm³/mol. The molecule has 0 bridgehead atoms. The largest absolute Gasteiger partial charge is 0.364 e. The summed E-state index contributed by atoms with van der Waals surface area (Å²) in [5.41, 5.74) is 2.24. The molecule has 0 aromatic rings. The molecule has 1 unspecified atom stereocenters. The molecule has 0 aromatic carbocycles. The Hall–Kier alpha value is -1.08. The molecule has 0 aromatic heterocycles. The van der Waals surface area contributed by atoms with Crippen molar-refractivity contribution in [2.75, 3.05) is 0 Å². The molecule has 0 N–H and O–H groups in total. The second-order valence-corrected chi connectivity index (χ2v) is 7.45. The summed E-state index contributed by atoms with van der Waals surface area (Å²) in [6.07, 6.45) is 15.4. The van der Waals surface area contributed by atoms with Crippen molar-refractivity contribution in [2.45, 2.75) is 65.6 Å². The van der Waals surface area contributed by atoms with Crippen LogP contribution in [0.25, 0.3) is 0 Å². The smallest absolute Gasteiger partial charge is 0.102 e. The fourth-order valence-electron chi connectivity index (χ4n) is 3.42. The molecule has 0 radical (unpaired) electrons. The summed E-state index contributed by atoms with van der Waals surface area (Å²) in [5, 5.41) is 0. The molecule has 1 atom stereocenters. The van der Waals surface area contributed by atoms with Crippen LogP contribution in [0.3, 0.4) is 0 Å². The monoisotopic (exact) mass is 272 g/mol. The van der Waals surface area contributed by atoms with Crippen LogP contribution >= 0.6 is 0 Å². The van der Waals surface area contributed by atoms with E-state index in [1.807, 2.05) is 0 Å². The molecule has 110 valence electrons. The lowest BCUT2D eigenvalue weighted by Gasteiger charge is -2.51. The number of hydrogen-bond donors (Lipinski definition) is 0. The second kappa shape index (κ2) is 5.04. The Morgan fingerprint density at radius 3 is 2.30 bits per heavy atom. The minimum absolute atomic E-state index is 0.0430. The molecule has 0 saturated carbocycles. The van der Waals surface area contributed by atoms with Crippen LogP contribution in [-0.4, -0.2) is 11.2 Å². The third kappa shape index (κ3) is 2.56. The standard InChI is InChI=1S/C19H28O/c1-15-11-9-10-14-19(15,20-17(2,3)4)18(5,6)16-12-7-8-13-16/h7,9-13H,8,14H2,1-6H3. The average Bonchev–Trinajstić information content (AvgIpc) is 2.84.